The van der Waals surface area contributed by atoms with Crippen LogP contribution in [0, 0.1) is 6.92 Å². The van der Waals surface area contributed by atoms with Crippen LogP contribution in [0.5, 0.6) is 0 Å². The van der Waals surface area contributed by atoms with E-state index in [0.29, 0.717) is 24.9 Å². The Morgan fingerprint density at radius 1 is 1.36 bits per heavy atom. The molecule has 0 amide bonds. The van der Waals surface area contributed by atoms with E-state index in [-0.39, 0.29) is 11.5 Å². The second-order valence-corrected chi connectivity index (χ2v) is 7.52. The van der Waals surface area contributed by atoms with Crippen LogP contribution in [0.2, 0.25) is 0 Å². The number of rotatable bonds is 3. The van der Waals surface area contributed by atoms with Gasteiger partial charge in [0.25, 0.3) is 0 Å². The second-order valence-electron chi connectivity index (χ2n) is 6.63. The van der Waals surface area contributed by atoms with Crippen LogP contribution in [-0.2, 0) is 16.7 Å². The van der Waals surface area contributed by atoms with Gasteiger partial charge in [0.15, 0.2) is 0 Å². The van der Waals surface area contributed by atoms with Crippen molar-refractivity contribution >= 4 is 11.3 Å². The number of ether oxygens (including phenoxy) is 1. The van der Waals surface area contributed by atoms with E-state index in [2.05, 4.69) is 41.2 Å². The lowest BCUT2D eigenvalue weighted by Crippen LogP contribution is -2.37. The highest BCUT2D eigenvalue weighted by atomic mass is 32.1. The monoisotopic (exact) mass is 322 g/mol. The largest absolute Gasteiger partial charge is 0.424 e. The van der Waals surface area contributed by atoms with Crippen molar-refractivity contribution in [2.75, 3.05) is 19.7 Å². The van der Waals surface area contributed by atoms with Gasteiger partial charge in [0, 0.05) is 30.8 Å². The molecule has 0 bridgehead atoms. The summed E-state index contributed by atoms with van der Waals surface area (Å²) in [6.07, 6.45) is 0.0267. The number of hydrogen-bond acceptors (Lipinski definition) is 7. The third-order valence-electron chi connectivity index (χ3n) is 3.64. The first-order chi connectivity index (χ1) is 10.4. The third-order valence-corrected chi connectivity index (χ3v) is 4.58. The molecule has 0 unspecified atom stereocenters. The zero-order valence-electron chi connectivity index (χ0n) is 13.5. The minimum atomic E-state index is 0.0267. The van der Waals surface area contributed by atoms with E-state index in [1.807, 2.05) is 6.92 Å². The predicted molar refractivity (Wildman–Crippen MR) is 83.8 cm³/mol. The number of aromatic nitrogens is 3. The topological polar surface area (TPSA) is 64.3 Å². The van der Waals surface area contributed by atoms with Crippen LogP contribution in [0.4, 0.5) is 0 Å². The van der Waals surface area contributed by atoms with E-state index in [0.717, 1.165) is 23.8 Å². The molecular formula is C15H22N4O2S. The molecule has 0 aliphatic carbocycles. The van der Waals surface area contributed by atoms with Crippen molar-refractivity contribution in [3.63, 3.8) is 0 Å². The average molecular weight is 322 g/mol. The maximum Gasteiger partial charge on any atom is 0.230 e. The molecule has 3 rings (SSSR count). The van der Waals surface area contributed by atoms with Gasteiger partial charge in [0.1, 0.15) is 11.1 Å². The Morgan fingerprint density at radius 3 is 2.82 bits per heavy atom. The van der Waals surface area contributed by atoms with E-state index >= 15 is 0 Å². The average Bonchev–Trinajstić information content (AvgIpc) is 3.08. The van der Waals surface area contributed by atoms with Crippen molar-refractivity contribution in [3.05, 3.63) is 27.9 Å². The van der Waals surface area contributed by atoms with Gasteiger partial charge in [-0.2, -0.15) is 0 Å². The fourth-order valence-electron chi connectivity index (χ4n) is 2.37. The summed E-state index contributed by atoms with van der Waals surface area (Å²) in [6, 6.07) is 0. The smallest absolute Gasteiger partial charge is 0.230 e. The molecule has 0 radical (unpaired) electrons. The van der Waals surface area contributed by atoms with E-state index in [1.54, 1.807) is 11.3 Å². The van der Waals surface area contributed by atoms with Crippen LogP contribution in [0.1, 0.15) is 49.4 Å². The van der Waals surface area contributed by atoms with Gasteiger partial charge in [-0.05, 0) is 0 Å². The SMILES string of the molecule is Cc1nnc(CN2CCO[C@@H](c3nc(C(C)(C)C)cs3)C2)o1. The van der Waals surface area contributed by atoms with Crippen molar-refractivity contribution in [1.29, 1.82) is 0 Å². The molecule has 7 heteroatoms. The molecule has 0 aromatic carbocycles. The molecule has 0 saturated carbocycles. The molecule has 0 spiro atoms. The standard InChI is InChI=1S/C15H22N4O2S/c1-10-17-18-13(21-10)8-19-5-6-20-11(7-19)14-16-12(9-22-14)15(2,3)4/h9,11H,5-8H2,1-4H3/t11-/m1/s1. The molecular weight excluding hydrogens is 300 g/mol. The molecule has 120 valence electrons. The summed E-state index contributed by atoms with van der Waals surface area (Å²) < 4.78 is 11.4. The molecule has 22 heavy (non-hydrogen) atoms. The molecule has 1 aliphatic heterocycles. The van der Waals surface area contributed by atoms with Crippen LogP contribution in [0.15, 0.2) is 9.80 Å². The molecule has 0 N–H and O–H groups in total. The number of hydrogen-bond donors (Lipinski definition) is 0. The number of thiazole rings is 1. The summed E-state index contributed by atoms with van der Waals surface area (Å²) in [6.45, 7) is 11.4. The van der Waals surface area contributed by atoms with Gasteiger partial charge in [-0.25, -0.2) is 4.98 Å². The van der Waals surface area contributed by atoms with Gasteiger partial charge in [0.2, 0.25) is 11.8 Å². The predicted octanol–water partition coefficient (Wildman–Crippen LogP) is 2.71. The summed E-state index contributed by atoms with van der Waals surface area (Å²) in [5.74, 6) is 1.27. The zero-order valence-corrected chi connectivity index (χ0v) is 14.3. The van der Waals surface area contributed by atoms with Gasteiger partial charge in [-0.15, -0.1) is 21.5 Å². The quantitative estimate of drug-likeness (QED) is 0.866. The third kappa shape index (κ3) is 3.53. The normalized spacial score (nSPS) is 20.5. The van der Waals surface area contributed by atoms with Crippen LogP contribution in [0.3, 0.4) is 0 Å². The number of nitrogens with zero attached hydrogens (tertiary/aromatic N) is 4. The van der Waals surface area contributed by atoms with Crippen LogP contribution >= 0.6 is 11.3 Å². The number of morpholine rings is 1. The lowest BCUT2D eigenvalue weighted by molar-refractivity contribution is -0.0354. The lowest BCUT2D eigenvalue weighted by Gasteiger charge is -2.30. The fourth-order valence-corrected chi connectivity index (χ4v) is 3.45. The highest BCUT2D eigenvalue weighted by Crippen LogP contribution is 2.30. The zero-order chi connectivity index (χ0) is 15.7. The molecule has 1 atom stereocenters. The van der Waals surface area contributed by atoms with Gasteiger partial charge in [-0.3, -0.25) is 4.90 Å². The summed E-state index contributed by atoms with van der Waals surface area (Å²) in [5.41, 5.74) is 1.20. The van der Waals surface area contributed by atoms with Crippen LogP contribution < -0.4 is 0 Å². The van der Waals surface area contributed by atoms with Crippen molar-refractivity contribution < 1.29 is 9.15 Å². The van der Waals surface area contributed by atoms with Gasteiger partial charge >= 0.3 is 0 Å². The summed E-state index contributed by atoms with van der Waals surface area (Å²) in [4.78, 5) is 7.04. The van der Waals surface area contributed by atoms with Gasteiger partial charge < -0.3 is 9.15 Å². The lowest BCUT2D eigenvalue weighted by atomic mass is 9.93. The molecule has 1 fully saturated rings. The van der Waals surface area contributed by atoms with Crippen molar-refractivity contribution in [1.82, 2.24) is 20.1 Å². The molecule has 6 nitrogen and oxygen atoms in total. The summed E-state index contributed by atoms with van der Waals surface area (Å²) >= 11 is 1.68. The Hall–Kier alpha value is -1.31. The maximum atomic E-state index is 5.90. The number of aryl methyl sites for hydroxylation is 1. The molecule has 2 aromatic heterocycles. The first-order valence-electron chi connectivity index (χ1n) is 7.50. The molecule has 1 aliphatic rings. The Morgan fingerprint density at radius 2 is 2.18 bits per heavy atom. The minimum absolute atomic E-state index is 0.0267. The van der Waals surface area contributed by atoms with Gasteiger partial charge in [0.05, 0.1) is 18.8 Å². The van der Waals surface area contributed by atoms with E-state index < -0.39 is 0 Å². The van der Waals surface area contributed by atoms with E-state index in [1.165, 1.54) is 0 Å². The van der Waals surface area contributed by atoms with Crippen molar-refractivity contribution in [2.45, 2.75) is 45.8 Å². The summed E-state index contributed by atoms with van der Waals surface area (Å²) in [7, 11) is 0. The minimum Gasteiger partial charge on any atom is -0.424 e. The Labute approximate surface area is 134 Å². The Kier molecular flexibility index (Phi) is 4.29. The van der Waals surface area contributed by atoms with E-state index in [9.17, 15) is 0 Å². The first kappa shape index (κ1) is 15.6. The van der Waals surface area contributed by atoms with Crippen LogP contribution in [0.25, 0.3) is 0 Å². The Bertz CT molecular complexity index is 632. The fraction of sp³-hybridized carbons (Fsp3) is 0.667. The molecule has 2 aromatic rings. The van der Waals surface area contributed by atoms with Crippen molar-refractivity contribution in [2.24, 2.45) is 0 Å². The Balaban J connectivity index is 1.66. The first-order valence-corrected chi connectivity index (χ1v) is 8.38. The summed E-state index contributed by atoms with van der Waals surface area (Å²) in [5, 5.41) is 11.1. The second kappa shape index (κ2) is 6.06. The van der Waals surface area contributed by atoms with Crippen LogP contribution in [-0.4, -0.2) is 39.8 Å². The van der Waals surface area contributed by atoms with Crippen molar-refractivity contribution in [3.8, 4) is 0 Å². The highest BCUT2D eigenvalue weighted by Gasteiger charge is 2.27. The molecule has 1 saturated heterocycles. The van der Waals surface area contributed by atoms with E-state index in [4.69, 9.17) is 14.1 Å². The molecule has 3 heterocycles. The van der Waals surface area contributed by atoms with Gasteiger partial charge in [-0.1, -0.05) is 20.8 Å². The maximum absolute atomic E-state index is 5.90. The highest BCUT2D eigenvalue weighted by molar-refractivity contribution is 7.09.